The Kier molecular flexibility index (Phi) is 5.92. The van der Waals surface area contributed by atoms with Crippen LogP contribution >= 0.6 is 0 Å². The third-order valence-corrected chi connectivity index (χ3v) is 4.00. The van der Waals surface area contributed by atoms with E-state index in [1.54, 1.807) is 22.9 Å². The van der Waals surface area contributed by atoms with Crippen LogP contribution in [-0.2, 0) is 22.6 Å². The molecule has 0 unspecified atom stereocenters. The van der Waals surface area contributed by atoms with Crippen molar-refractivity contribution in [3.8, 4) is 0 Å². The van der Waals surface area contributed by atoms with Gasteiger partial charge >= 0.3 is 0 Å². The Bertz CT molecular complexity index is 998. The van der Waals surface area contributed by atoms with Crippen molar-refractivity contribution >= 4 is 16.9 Å². The first-order valence-corrected chi connectivity index (χ1v) is 8.59. The molecule has 3 rings (SSSR count). The number of nitrogens with one attached hydrogen (secondary N) is 1. The van der Waals surface area contributed by atoms with Crippen molar-refractivity contribution < 1.29 is 13.9 Å². The minimum absolute atomic E-state index is 0.00928. The molecule has 8 nitrogen and oxygen atoms in total. The maximum absolute atomic E-state index is 13.8. The molecule has 9 heteroatoms. The molecule has 0 atom stereocenters. The van der Waals surface area contributed by atoms with E-state index in [0.717, 1.165) is 0 Å². The molecular weight excluding hydrogens is 353 g/mol. The molecule has 27 heavy (non-hydrogen) atoms. The lowest BCUT2D eigenvalue weighted by molar-refractivity contribution is -0.125. The van der Waals surface area contributed by atoms with Crippen LogP contribution in [0.3, 0.4) is 0 Å². The van der Waals surface area contributed by atoms with Crippen LogP contribution in [0.4, 0.5) is 4.39 Å². The lowest BCUT2D eigenvalue weighted by atomic mass is 10.2. The van der Waals surface area contributed by atoms with Gasteiger partial charge in [0.05, 0.1) is 19.3 Å². The first-order chi connectivity index (χ1) is 13.1. The minimum atomic E-state index is -0.372. The standard InChI is InChI=1S/C18H20FN5O3/c1-2-27-11-16(25)20-7-8-24-17-14(9-22-24)18(26)23(12-21-17)10-13-5-3-4-6-15(13)19/h3-6,9,12H,2,7-8,10-11H2,1H3,(H,20,25). The van der Waals surface area contributed by atoms with E-state index in [9.17, 15) is 14.0 Å². The van der Waals surface area contributed by atoms with Gasteiger partial charge < -0.3 is 10.1 Å². The van der Waals surface area contributed by atoms with Gasteiger partial charge in [-0.2, -0.15) is 5.10 Å². The maximum Gasteiger partial charge on any atom is 0.264 e. The molecule has 0 radical (unpaired) electrons. The van der Waals surface area contributed by atoms with Gasteiger partial charge in [-0.05, 0) is 13.0 Å². The molecule has 2 heterocycles. The fourth-order valence-corrected chi connectivity index (χ4v) is 2.63. The predicted molar refractivity (Wildman–Crippen MR) is 96.8 cm³/mol. The number of nitrogens with zero attached hydrogens (tertiary/aromatic N) is 4. The molecule has 3 aromatic rings. The Morgan fingerprint density at radius 2 is 2.15 bits per heavy atom. The first-order valence-electron chi connectivity index (χ1n) is 8.59. The van der Waals surface area contributed by atoms with E-state index in [0.29, 0.717) is 36.3 Å². The molecule has 0 aliphatic heterocycles. The zero-order chi connectivity index (χ0) is 19.2. The topological polar surface area (TPSA) is 91.0 Å². The third-order valence-electron chi connectivity index (χ3n) is 4.00. The summed E-state index contributed by atoms with van der Waals surface area (Å²) in [6.45, 7) is 3.09. The molecule has 1 amide bonds. The van der Waals surface area contributed by atoms with Crippen LogP contribution in [0.2, 0.25) is 0 Å². The lowest BCUT2D eigenvalue weighted by Crippen LogP contribution is -2.31. The minimum Gasteiger partial charge on any atom is -0.372 e. The monoisotopic (exact) mass is 373 g/mol. The molecule has 0 fully saturated rings. The molecule has 0 spiro atoms. The van der Waals surface area contributed by atoms with E-state index in [1.165, 1.54) is 23.2 Å². The molecule has 0 saturated carbocycles. The highest BCUT2D eigenvalue weighted by Crippen LogP contribution is 2.09. The highest BCUT2D eigenvalue weighted by atomic mass is 19.1. The smallest absolute Gasteiger partial charge is 0.264 e. The zero-order valence-electron chi connectivity index (χ0n) is 14.9. The summed E-state index contributed by atoms with van der Waals surface area (Å²) >= 11 is 0. The number of hydrogen-bond acceptors (Lipinski definition) is 5. The maximum atomic E-state index is 13.8. The van der Waals surface area contributed by atoms with Gasteiger partial charge in [-0.1, -0.05) is 18.2 Å². The third kappa shape index (κ3) is 4.37. The molecule has 142 valence electrons. The van der Waals surface area contributed by atoms with Crippen LogP contribution in [0.15, 0.2) is 41.6 Å². The molecule has 0 aliphatic carbocycles. The molecule has 0 bridgehead atoms. The van der Waals surface area contributed by atoms with Gasteiger partial charge in [0.15, 0.2) is 5.65 Å². The Morgan fingerprint density at radius 3 is 2.93 bits per heavy atom. The van der Waals surface area contributed by atoms with E-state index in [-0.39, 0.29) is 30.4 Å². The summed E-state index contributed by atoms with van der Waals surface area (Å²) in [5.41, 5.74) is 0.531. The Hall–Kier alpha value is -3.07. The molecule has 0 saturated heterocycles. The molecule has 0 aliphatic rings. The number of ether oxygens (including phenoxy) is 1. The number of fused-ring (bicyclic) bond motifs is 1. The highest BCUT2D eigenvalue weighted by molar-refractivity contribution is 5.77. The number of carbonyl (C=O) groups excluding carboxylic acids is 1. The van der Waals surface area contributed by atoms with Gasteiger partial charge in [-0.25, -0.2) is 14.1 Å². The lowest BCUT2D eigenvalue weighted by Gasteiger charge is -2.08. The Balaban J connectivity index is 1.72. The average Bonchev–Trinajstić information content (AvgIpc) is 3.08. The van der Waals surface area contributed by atoms with Gasteiger partial charge in [-0.15, -0.1) is 0 Å². The average molecular weight is 373 g/mol. The Labute approximate surface area is 154 Å². The summed E-state index contributed by atoms with van der Waals surface area (Å²) in [5, 5.41) is 7.21. The van der Waals surface area contributed by atoms with Crippen molar-refractivity contribution in [3.63, 3.8) is 0 Å². The van der Waals surface area contributed by atoms with E-state index in [2.05, 4.69) is 15.4 Å². The summed E-state index contributed by atoms with van der Waals surface area (Å²) in [4.78, 5) is 28.4. The fraction of sp³-hybridized carbons (Fsp3) is 0.333. The van der Waals surface area contributed by atoms with E-state index < -0.39 is 0 Å². The van der Waals surface area contributed by atoms with Crippen molar-refractivity contribution in [2.24, 2.45) is 0 Å². The summed E-state index contributed by atoms with van der Waals surface area (Å²) in [7, 11) is 0. The predicted octanol–water partition coefficient (Wildman–Crippen LogP) is 0.933. The molecule has 1 aromatic carbocycles. The number of halogens is 1. The van der Waals surface area contributed by atoms with Crippen molar-refractivity contribution in [1.82, 2.24) is 24.6 Å². The van der Waals surface area contributed by atoms with E-state index >= 15 is 0 Å². The SMILES string of the molecule is CCOCC(=O)NCCn1ncc2c(=O)n(Cc3ccccc3F)cnc21. The van der Waals surface area contributed by atoms with E-state index in [1.807, 2.05) is 6.92 Å². The second-order valence-corrected chi connectivity index (χ2v) is 5.86. The number of hydrogen-bond donors (Lipinski definition) is 1. The number of benzene rings is 1. The van der Waals surface area contributed by atoms with Crippen molar-refractivity contribution in [2.75, 3.05) is 19.8 Å². The van der Waals surface area contributed by atoms with Crippen LogP contribution in [-0.4, -0.2) is 45.0 Å². The van der Waals surface area contributed by atoms with Crippen LogP contribution in [0, 0.1) is 5.82 Å². The van der Waals surface area contributed by atoms with Gasteiger partial charge in [0.25, 0.3) is 5.56 Å². The number of aromatic nitrogens is 4. The van der Waals surface area contributed by atoms with Gasteiger partial charge in [-0.3, -0.25) is 14.2 Å². The number of carbonyl (C=O) groups is 1. The quantitative estimate of drug-likeness (QED) is 0.634. The highest BCUT2D eigenvalue weighted by Gasteiger charge is 2.11. The molecule has 2 aromatic heterocycles. The molecule has 1 N–H and O–H groups in total. The Morgan fingerprint density at radius 1 is 1.33 bits per heavy atom. The van der Waals surface area contributed by atoms with Crippen molar-refractivity contribution in [1.29, 1.82) is 0 Å². The second-order valence-electron chi connectivity index (χ2n) is 5.86. The van der Waals surface area contributed by atoms with Crippen LogP contribution in [0.25, 0.3) is 11.0 Å². The van der Waals surface area contributed by atoms with Crippen LogP contribution < -0.4 is 10.9 Å². The number of amides is 1. The van der Waals surface area contributed by atoms with Gasteiger partial charge in [0, 0.05) is 18.7 Å². The van der Waals surface area contributed by atoms with Gasteiger partial charge in [0.1, 0.15) is 24.1 Å². The van der Waals surface area contributed by atoms with Crippen LogP contribution in [0.1, 0.15) is 12.5 Å². The molecular formula is C18H20FN5O3. The summed E-state index contributed by atoms with van der Waals surface area (Å²) in [6.07, 6.45) is 2.81. The summed E-state index contributed by atoms with van der Waals surface area (Å²) < 4.78 is 21.7. The van der Waals surface area contributed by atoms with Gasteiger partial charge in [0.2, 0.25) is 5.91 Å². The summed E-state index contributed by atoms with van der Waals surface area (Å²) in [6, 6.07) is 6.29. The van der Waals surface area contributed by atoms with Crippen molar-refractivity contribution in [2.45, 2.75) is 20.0 Å². The van der Waals surface area contributed by atoms with E-state index in [4.69, 9.17) is 4.74 Å². The number of rotatable bonds is 8. The first kappa shape index (κ1) is 18.7. The fourth-order valence-electron chi connectivity index (χ4n) is 2.63. The largest absolute Gasteiger partial charge is 0.372 e. The summed E-state index contributed by atoms with van der Waals surface area (Å²) in [5.74, 6) is -0.587. The van der Waals surface area contributed by atoms with Crippen LogP contribution in [0.5, 0.6) is 0 Å². The zero-order valence-corrected chi connectivity index (χ0v) is 14.9. The normalized spacial score (nSPS) is 11.0. The second kappa shape index (κ2) is 8.54. The van der Waals surface area contributed by atoms with Crippen molar-refractivity contribution in [3.05, 3.63) is 58.5 Å².